The minimum Gasteiger partial charge on any atom is -0.387 e. The number of hydrogen-bond donors (Lipinski definition) is 2. The van der Waals surface area contributed by atoms with Crippen LogP contribution in [0.5, 0.6) is 0 Å². The predicted molar refractivity (Wildman–Crippen MR) is 65.5 cm³/mol. The standard InChI is InChI=1S/C13H18N2O2/c1-8(2)15-7-10-4-3-9(12(16)6-14)5-11(10)13(15)17/h3-5,8,12,16H,6-7,14H2,1-2H3. The van der Waals surface area contributed by atoms with Gasteiger partial charge >= 0.3 is 0 Å². The average molecular weight is 234 g/mol. The third kappa shape index (κ3) is 2.06. The van der Waals surface area contributed by atoms with Gasteiger partial charge in [0.25, 0.3) is 5.91 Å². The highest BCUT2D eigenvalue weighted by molar-refractivity contribution is 5.98. The fourth-order valence-corrected chi connectivity index (χ4v) is 2.10. The van der Waals surface area contributed by atoms with Crippen molar-refractivity contribution < 1.29 is 9.90 Å². The molecule has 0 bridgehead atoms. The molecule has 4 nitrogen and oxygen atoms in total. The number of nitrogens with two attached hydrogens (primary N) is 1. The highest BCUT2D eigenvalue weighted by Gasteiger charge is 2.29. The predicted octanol–water partition coefficient (Wildman–Crippen LogP) is 1.04. The number of benzene rings is 1. The van der Waals surface area contributed by atoms with Crippen molar-refractivity contribution >= 4 is 5.91 Å². The molecule has 1 unspecified atom stereocenters. The molecule has 0 radical (unpaired) electrons. The number of aliphatic hydroxyl groups is 1. The third-order valence-electron chi connectivity index (χ3n) is 3.20. The van der Waals surface area contributed by atoms with E-state index >= 15 is 0 Å². The zero-order valence-corrected chi connectivity index (χ0v) is 10.2. The van der Waals surface area contributed by atoms with Crippen LogP contribution in [-0.4, -0.2) is 28.5 Å². The Kier molecular flexibility index (Phi) is 3.17. The summed E-state index contributed by atoms with van der Waals surface area (Å²) in [5.41, 5.74) is 7.85. The van der Waals surface area contributed by atoms with E-state index in [1.165, 1.54) is 0 Å². The fraction of sp³-hybridized carbons (Fsp3) is 0.462. The van der Waals surface area contributed by atoms with Gasteiger partial charge in [0.05, 0.1) is 6.10 Å². The first kappa shape index (κ1) is 12.1. The zero-order chi connectivity index (χ0) is 12.6. The van der Waals surface area contributed by atoms with Crippen molar-refractivity contribution in [2.75, 3.05) is 6.54 Å². The van der Waals surface area contributed by atoms with Gasteiger partial charge in [0.15, 0.2) is 0 Å². The maximum Gasteiger partial charge on any atom is 0.254 e. The van der Waals surface area contributed by atoms with Crippen LogP contribution in [0.3, 0.4) is 0 Å². The molecule has 17 heavy (non-hydrogen) atoms. The zero-order valence-electron chi connectivity index (χ0n) is 10.2. The molecular formula is C13H18N2O2. The van der Waals surface area contributed by atoms with Crippen LogP contribution in [0.2, 0.25) is 0 Å². The van der Waals surface area contributed by atoms with Gasteiger partial charge in [0.1, 0.15) is 0 Å². The molecule has 1 amide bonds. The number of rotatable bonds is 3. The van der Waals surface area contributed by atoms with Crippen molar-refractivity contribution in [2.45, 2.75) is 32.5 Å². The summed E-state index contributed by atoms with van der Waals surface area (Å²) in [6, 6.07) is 5.70. The van der Waals surface area contributed by atoms with Crippen LogP contribution in [0.4, 0.5) is 0 Å². The van der Waals surface area contributed by atoms with Crippen LogP contribution in [0, 0.1) is 0 Å². The van der Waals surface area contributed by atoms with Gasteiger partial charge in [-0.3, -0.25) is 4.79 Å². The maximum absolute atomic E-state index is 12.1. The van der Waals surface area contributed by atoms with Crippen LogP contribution in [0.1, 0.15) is 41.4 Å². The summed E-state index contributed by atoms with van der Waals surface area (Å²) < 4.78 is 0. The second kappa shape index (κ2) is 4.47. The Morgan fingerprint density at radius 2 is 2.18 bits per heavy atom. The van der Waals surface area contributed by atoms with Crippen molar-refractivity contribution in [3.8, 4) is 0 Å². The Labute approximate surface area is 101 Å². The molecule has 1 aromatic rings. The lowest BCUT2D eigenvalue weighted by molar-refractivity contribution is 0.0730. The molecule has 1 atom stereocenters. The van der Waals surface area contributed by atoms with Crippen LogP contribution in [0.15, 0.2) is 18.2 Å². The Morgan fingerprint density at radius 3 is 2.76 bits per heavy atom. The van der Waals surface area contributed by atoms with E-state index in [1.54, 1.807) is 6.07 Å². The molecule has 1 aromatic carbocycles. The fourth-order valence-electron chi connectivity index (χ4n) is 2.10. The molecule has 0 saturated heterocycles. The minimum atomic E-state index is -0.693. The molecule has 0 aromatic heterocycles. The number of aliphatic hydroxyl groups excluding tert-OH is 1. The van der Waals surface area contributed by atoms with Crippen molar-refractivity contribution in [2.24, 2.45) is 5.73 Å². The lowest BCUT2D eigenvalue weighted by Gasteiger charge is -2.19. The topological polar surface area (TPSA) is 66.6 Å². The summed E-state index contributed by atoms with van der Waals surface area (Å²) in [5.74, 6) is 0.0427. The largest absolute Gasteiger partial charge is 0.387 e. The van der Waals surface area contributed by atoms with Crippen LogP contribution in [0.25, 0.3) is 0 Å². The number of nitrogens with zero attached hydrogens (tertiary/aromatic N) is 1. The van der Waals surface area contributed by atoms with Crippen LogP contribution < -0.4 is 5.73 Å². The lowest BCUT2D eigenvalue weighted by Crippen LogP contribution is -2.30. The van der Waals surface area contributed by atoms with E-state index in [2.05, 4.69) is 0 Å². The van der Waals surface area contributed by atoms with Gasteiger partial charge in [-0.05, 0) is 31.0 Å². The van der Waals surface area contributed by atoms with E-state index < -0.39 is 6.10 Å². The minimum absolute atomic E-state index is 0.0427. The van der Waals surface area contributed by atoms with E-state index in [0.29, 0.717) is 17.7 Å². The highest BCUT2D eigenvalue weighted by atomic mass is 16.3. The molecule has 0 fully saturated rings. The molecule has 1 aliphatic heterocycles. The normalized spacial score (nSPS) is 16.5. The Morgan fingerprint density at radius 1 is 1.47 bits per heavy atom. The molecule has 1 heterocycles. The van der Waals surface area contributed by atoms with Gasteiger partial charge in [-0.15, -0.1) is 0 Å². The Hall–Kier alpha value is -1.39. The van der Waals surface area contributed by atoms with E-state index in [1.807, 2.05) is 30.9 Å². The van der Waals surface area contributed by atoms with Crippen molar-refractivity contribution in [3.05, 3.63) is 34.9 Å². The molecular weight excluding hydrogens is 216 g/mol. The van der Waals surface area contributed by atoms with Gasteiger partial charge in [0, 0.05) is 24.7 Å². The van der Waals surface area contributed by atoms with E-state index in [9.17, 15) is 9.90 Å². The summed E-state index contributed by atoms with van der Waals surface area (Å²) >= 11 is 0. The summed E-state index contributed by atoms with van der Waals surface area (Å²) in [7, 11) is 0. The second-order valence-electron chi connectivity index (χ2n) is 4.69. The first-order chi connectivity index (χ1) is 8.04. The molecule has 0 saturated carbocycles. The van der Waals surface area contributed by atoms with Crippen LogP contribution >= 0.6 is 0 Å². The summed E-state index contributed by atoms with van der Waals surface area (Å²) in [6.45, 7) is 4.82. The Balaban J connectivity index is 2.34. The maximum atomic E-state index is 12.1. The highest BCUT2D eigenvalue weighted by Crippen LogP contribution is 2.27. The average Bonchev–Trinajstić information content (AvgIpc) is 2.65. The molecule has 1 aliphatic rings. The van der Waals surface area contributed by atoms with Gasteiger partial charge in [-0.2, -0.15) is 0 Å². The van der Waals surface area contributed by atoms with Crippen LogP contribution in [-0.2, 0) is 6.54 Å². The van der Waals surface area contributed by atoms with Gasteiger partial charge in [0.2, 0.25) is 0 Å². The third-order valence-corrected chi connectivity index (χ3v) is 3.20. The molecule has 92 valence electrons. The van der Waals surface area contributed by atoms with Gasteiger partial charge in [-0.1, -0.05) is 12.1 Å². The van der Waals surface area contributed by atoms with Gasteiger partial charge in [-0.25, -0.2) is 0 Å². The SMILES string of the molecule is CC(C)N1Cc2ccc(C(O)CN)cc2C1=O. The quantitative estimate of drug-likeness (QED) is 0.821. The van der Waals surface area contributed by atoms with Crippen molar-refractivity contribution in [3.63, 3.8) is 0 Å². The van der Waals surface area contributed by atoms with E-state index in [4.69, 9.17) is 5.73 Å². The molecule has 0 aliphatic carbocycles. The molecule has 2 rings (SSSR count). The molecule has 3 N–H and O–H groups in total. The van der Waals surface area contributed by atoms with Gasteiger partial charge < -0.3 is 15.7 Å². The number of carbonyl (C=O) groups excluding carboxylic acids is 1. The monoisotopic (exact) mass is 234 g/mol. The number of amides is 1. The van der Waals surface area contributed by atoms with E-state index in [-0.39, 0.29) is 18.5 Å². The number of carbonyl (C=O) groups is 1. The summed E-state index contributed by atoms with van der Waals surface area (Å²) in [4.78, 5) is 13.9. The first-order valence-electron chi connectivity index (χ1n) is 5.86. The summed E-state index contributed by atoms with van der Waals surface area (Å²) in [6.07, 6.45) is -0.693. The summed E-state index contributed by atoms with van der Waals surface area (Å²) in [5, 5.41) is 9.67. The molecule has 0 spiro atoms. The number of hydrogen-bond acceptors (Lipinski definition) is 3. The van der Waals surface area contributed by atoms with Crippen molar-refractivity contribution in [1.82, 2.24) is 4.90 Å². The molecule has 4 heteroatoms. The van der Waals surface area contributed by atoms with E-state index in [0.717, 1.165) is 5.56 Å². The second-order valence-corrected chi connectivity index (χ2v) is 4.69. The Bertz CT molecular complexity index is 443. The number of fused-ring (bicyclic) bond motifs is 1. The smallest absolute Gasteiger partial charge is 0.254 e. The lowest BCUT2D eigenvalue weighted by atomic mass is 10.0. The first-order valence-corrected chi connectivity index (χ1v) is 5.86. The van der Waals surface area contributed by atoms with Crippen molar-refractivity contribution in [1.29, 1.82) is 0 Å².